The van der Waals surface area contributed by atoms with Gasteiger partial charge in [-0.2, -0.15) is 5.26 Å². The van der Waals surface area contributed by atoms with Crippen LogP contribution < -0.4 is 10.1 Å². The molecule has 0 aliphatic carbocycles. The summed E-state index contributed by atoms with van der Waals surface area (Å²) in [6, 6.07) is 10.0. The van der Waals surface area contributed by atoms with Gasteiger partial charge in [-0.15, -0.1) is 0 Å². The van der Waals surface area contributed by atoms with E-state index in [1.807, 2.05) is 0 Å². The van der Waals surface area contributed by atoms with Gasteiger partial charge >= 0.3 is 5.97 Å². The lowest BCUT2D eigenvalue weighted by atomic mass is 10.1. The van der Waals surface area contributed by atoms with Crippen molar-refractivity contribution in [1.82, 2.24) is 0 Å². The van der Waals surface area contributed by atoms with Crippen LogP contribution in [0.3, 0.4) is 0 Å². The summed E-state index contributed by atoms with van der Waals surface area (Å²) in [7, 11) is 0. The number of halogens is 1. The minimum absolute atomic E-state index is 0.0713. The minimum Gasteiger partial charge on any atom is -0.482 e. The molecule has 0 fully saturated rings. The topological polar surface area (TPSA) is 132 Å². The molecule has 0 spiro atoms. The Balaban J connectivity index is 1.85. The summed E-state index contributed by atoms with van der Waals surface area (Å²) in [4.78, 5) is 33.6. The Labute approximate surface area is 164 Å². The third kappa shape index (κ3) is 5.69. The second kappa shape index (κ2) is 9.34. The van der Waals surface area contributed by atoms with Crippen molar-refractivity contribution >= 4 is 34.9 Å². The molecular weight excluding hydrogens is 390 g/mol. The molecule has 0 aromatic heterocycles. The van der Waals surface area contributed by atoms with E-state index in [0.29, 0.717) is 10.8 Å². The van der Waals surface area contributed by atoms with Gasteiger partial charge in [0.15, 0.2) is 13.2 Å². The van der Waals surface area contributed by atoms with Crippen molar-refractivity contribution in [1.29, 1.82) is 5.26 Å². The van der Waals surface area contributed by atoms with Crippen LogP contribution in [0.5, 0.6) is 5.75 Å². The van der Waals surface area contributed by atoms with Gasteiger partial charge in [-0.3, -0.25) is 14.9 Å². The van der Waals surface area contributed by atoms with Crippen molar-refractivity contribution in [3.63, 3.8) is 0 Å². The Morgan fingerprint density at radius 3 is 2.64 bits per heavy atom. The molecule has 0 radical (unpaired) electrons. The number of esters is 1. The van der Waals surface area contributed by atoms with Crippen molar-refractivity contribution < 1.29 is 24.0 Å². The third-order valence-corrected chi connectivity index (χ3v) is 3.88. The van der Waals surface area contributed by atoms with Crippen LogP contribution in [0.4, 0.5) is 11.4 Å². The highest BCUT2D eigenvalue weighted by Gasteiger charge is 2.14. The maximum Gasteiger partial charge on any atom is 0.344 e. The fraction of sp³-hybridized carbons (Fsp3) is 0.167. The zero-order valence-corrected chi connectivity index (χ0v) is 15.4. The lowest BCUT2D eigenvalue weighted by Gasteiger charge is -2.09. The van der Waals surface area contributed by atoms with Gasteiger partial charge < -0.3 is 14.8 Å². The van der Waals surface area contributed by atoms with Crippen molar-refractivity contribution in [2.45, 2.75) is 6.92 Å². The quantitative estimate of drug-likeness (QED) is 0.427. The van der Waals surface area contributed by atoms with E-state index in [4.69, 9.17) is 26.3 Å². The normalized spacial score (nSPS) is 9.89. The number of nitro benzene ring substituents is 1. The number of anilines is 1. The van der Waals surface area contributed by atoms with Crippen LogP contribution in [0, 0.1) is 28.4 Å². The molecule has 0 saturated carbocycles. The summed E-state index contributed by atoms with van der Waals surface area (Å²) in [6.07, 6.45) is 0. The maximum atomic E-state index is 11.9. The van der Waals surface area contributed by atoms with Gasteiger partial charge in [0, 0.05) is 17.2 Å². The molecule has 1 N–H and O–H groups in total. The van der Waals surface area contributed by atoms with Gasteiger partial charge in [-0.1, -0.05) is 11.6 Å². The Hall–Kier alpha value is -3.64. The van der Waals surface area contributed by atoms with E-state index >= 15 is 0 Å². The molecular formula is C18H14ClN3O6. The van der Waals surface area contributed by atoms with Gasteiger partial charge in [0.25, 0.3) is 11.6 Å². The Kier molecular flexibility index (Phi) is 6.90. The van der Waals surface area contributed by atoms with Crippen molar-refractivity contribution in [2.24, 2.45) is 0 Å². The van der Waals surface area contributed by atoms with Crippen LogP contribution in [0.2, 0.25) is 5.02 Å². The highest BCUT2D eigenvalue weighted by Crippen LogP contribution is 2.22. The first kappa shape index (κ1) is 20.7. The van der Waals surface area contributed by atoms with E-state index in [0.717, 1.165) is 17.7 Å². The summed E-state index contributed by atoms with van der Waals surface area (Å²) in [5, 5.41) is 22.7. The smallest absolute Gasteiger partial charge is 0.344 e. The maximum absolute atomic E-state index is 11.9. The molecule has 0 aliphatic heterocycles. The van der Waals surface area contributed by atoms with Gasteiger partial charge in [-0.25, -0.2) is 4.79 Å². The molecule has 1 amide bonds. The first-order valence-corrected chi connectivity index (χ1v) is 8.21. The largest absolute Gasteiger partial charge is 0.482 e. The van der Waals surface area contributed by atoms with E-state index in [-0.39, 0.29) is 16.9 Å². The van der Waals surface area contributed by atoms with E-state index in [1.165, 1.54) is 6.07 Å². The van der Waals surface area contributed by atoms with Crippen LogP contribution in [0.25, 0.3) is 0 Å². The molecule has 10 heteroatoms. The summed E-state index contributed by atoms with van der Waals surface area (Å²) in [5.74, 6) is -1.05. The van der Waals surface area contributed by atoms with Crippen LogP contribution in [-0.2, 0) is 14.3 Å². The number of nitro groups is 1. The molecule has 0 aliphatic rings. The summed E-state index contributed by atoms with van der Waals surface area (Å²) in [6.45, 7) is 0.768. The van der Waals surface area contributed by atoms with E-state index in [9.17, 15) is 19.7 Å². The Morgan fingerprint density at radius 1 is 1.25 bits per heavy atom. The Bertz CT molecular complexity index is 970. The van der Waals surface area contributed by atoms with Gasteiger partial charge in [-0.05, 0) is 36.8 Å². The number of hydrogen-bond donors (Lipinski definition) is 1. The van der Waals surface area contributed by atoms with E-state index in [1.54, 1.807) is 31.2 Å². The minimum atomic E-state index is -0.771. The second-order valence-electron chi connectivity index (χ2n) is 5.51. The predicted octanol–water partition coefficient (Wildman–Crippen LogP) is 2.99. The van der Waals surface area contributed by atoms with Gasteiger partial charge in [0.2, 0.25) is 0 Å². The third-order valence-electron chi connectivity index (χ3n) is 3.46. The van der Waals surface area contributed by atoms with E-state index < -0.39 is 30.0 Å². The average Bonchev–Trinajstić information content (AvgIpc) is 2.67. The number of carbonyl (C=O) groups excluding carboxylic acids is 2. The molecule has 28 heavy (non-hydrogen) atoms. The molecule has 2 rings (SSSR count). The van der Waals surface area contributed by atoms with Crippen molar-refractivity contribution in [3.8, 4) is 11.8 Å². The van der Waals surface area contributed by atoms with Gasteiger partial charge in [0.1, 0.15) is 11.8 Å². The zero-order chi connectivity index (χ0) is 20.7. The number of aryl methyl sites for hydroxylation is 1. The standard InChI is InChI=1S/C18H14ClN3O6/c1-11-6-14(3-4-15(11)19)27-10-18(24)28-9-17(23)21-16-5-2-13(22(25)26)7-12(16)8-20/h2-7H,9-10H2,1H3,(H,21,23). The molecule has 0 atom stereocenters. The molecule has 9 nitrogen and oxygen atoms in total. The SMILES string of the molecule is Cc1cc(OCC(=O)OCC(=O)Nc2ccc([N+](=O)[O-])cc2C#N)ccc1Cl. The predicted molar refractivity (Wildman–Crippen MR) is 99.1 cm³/mol. The van der Waals surface area contributed by atoms with E-state index in [2.05, 4.69) is 5.32 Å². The molecule has 0 heterocycles. The van der Waals surface area contributed by atoms with Crippen molar-refractivity contribution in [2.75, 3.05) is 18.5 Å². The molecule has 0 saturated heterocycles. The summed E-state index contributed by atoms with van der Waals surface area (Å²) in [5.41, 5.74) is 0.483. The number of nitrogens with zero attached hydrogens (tertiary/aromatic N) is 2. The number of ether oxygens (including phenoxy) is 2. The fourth-order valence-electron chi connectivity index (χ4n) is 2.07. The van der Waals surface area contributed by atoms with Crippen LogP contribution in [0.1, 0.15) is 11.1 Å². The number of nitrogens with one attached hydrogen (secondary N) is 1. The number of non-ortho nitro benzene ring substituents is 1. The number of hydrogen-bond acceptors (Lipinski definition) is 7. The Morgan fingerprint density at radius 2 is 2.00 bits per heavy atom. The number of amides is 1. The molecule has 2 aromatic carbocycles. The van der Waals surface area contributed by atoms with Gasteiger partial charge in [0.05, 0.1) is 16.2 Å². The summed E-state index contributed by atoms with van der Waals surface area (Å²) < 4.78 is 10.0. The fourth-order valence-corrected chi connectivity index (χ4v) is 2.19. The van der Waals surface area contributed by atoms with Crippen LogP contribution in [0.15, 0.2) is 36.4 Å². The average molecular weight is 404 g/mol. The second-order valence-corrected chi connectivity index (χ2v) is 5.91. The molecule has 0 bridgehead atoms. The van der Waals surface area contributed by atoms with Crippen LogP contribution >= 0.6 is 11.6 Å². The molecule has 0 unspecified atom stereocenters. The number of benzene rings is 2. The number of rotatable bonds is 7. The highest BCUT2D eigenvalue weighted by atomic mass is 35.5. The zero-order valence-electron chi connectivity index (χ0n) is 14.6. The van der Waals surface area contributed by atoms with Crippen LogP contribution in [-0.4, -0.2) is 30.0 Å². The van der Waals surface area contributed by atoms with Crippen molar-refractivity contribution in [3.05, 3.63) is 62.7 Å². The number of carbonyl (C=O) groups is 2. The highest BCUT2D eigenvalue weighted by molar-refractivity contribution is 6.31. The first-order valence-electron chi connectivity index (χ1n) is 7.83. The molecule has 2 aromatic rings. The summed E-state index contributed by atoms with van der Waals surface area (Å²) >= 11 is 5.90. The lowest BCUT2D eigenvalue weighted by Crippen LogP contribution is -2.24. The monoisotopic (exact) mass is 403 g/mol. The lowest BCUT2D eigenvalue weighted by molar-refractivity contribution is -0.384. The molecule has 144 valence electrons. The first-order chi connectivity index (χ1) is 13.3. The number of nitriles is 1.